The van der Waals surface area contributed by atoms with E-state index in [0.29, 0.717) is 19.3 Å². The number of ether oxygens (including phenoxy) is 1. The maximum atomic E-state index is 12.6. The Kier molecular flexibility index (Phi) is 11.8. The SMILES string of the molecule is O=C(O)CC[C@@H](CCc1ccc(Oc2ccccc2)cc1)CC(=O)CCCCCCc1ccccc1. The molecule has 0 bridgehead atoms. The molecule has 3 rings (SSSR count). The Morgan fingerprint density at radius 1 is 0.639 bits per heavy atom. The minimum atomic E-state index is -0.798. The van der Waals surface area contributed by atoms with E-state index in [0.717, 1.165) is 56.4 Å². The van der Waals surface area contributed by atoms with Gasteiger partial charge in [0.25, 0.3) is 0 Å². The highest BCUT2D eigenvalue weighted by Gasteiger charge is 2.16. The molecular weight excluding hydrogens is 448 g/mol. The van der Waals surface area contributed by atoms with Gasteiger partial charge in [0.2, 0.25) is 0 Å². The van der Waals surface area contributed by atoms with Crippen LogP contribution in [0.25, 0.3) is 0 Å². The number of carbonyl (C=O) groups is 2. The number of Topliss-reactive ketones (excluding diaryl/α,β-unsaturated/α-hetero) is 1. The van der Waals surface area contributed by atoms with Gasteiger partial charge >= 0.3 is 5.97 Å². The fourth-order valence-corrected chi connectivity index (χ4v) is 4.47. The number of unbranched alkanes of at least 4 members (excludes halogenated alkanes) is 3. The Bertz CT molecular complexity index is 1030. The average molecular weight is 487 g/mol. The Hall–Kier alpha value is -3.40. The van der Waals surface area contributed by atoms with Crippen LogP contribution in [-0.2, 0) is 22.4 Å². The number of carboxylic acid groups (broad SMARTS) is 1. The van der Waals surface area contributed by atoms with Crippen LogP contribution in [0.1, 0.15) is 68.9 Å². The van der Waals surface area contributed by atoms with Crippen molar-refractivity contribution in [3.05, 3.63) is 96.1 Å². The number of aliphatic carboxylic acids is 1. The molecule has 0 saturated heterocycles. The second kappa shape index (κ2) is 15.6. The molecule has 0 aliphatic heterocycles. The van der Waals surface area contributed by atoms with Crippen LogP contribution in [-0.4, -0.2) is 16.9 Å². The predicted octanol–water partition coefficient (Wildman–Crippen LogP) is 8.04. The zero-order valence-electron chi connectivity index (χ0n) is 21.1. The second-order valence-electron chi connectivity index (χ2n) is 9.54. The zero-order chi connectivity index (χ0) is 25.4. The monoisotopic (exact) mass is 486 g/mol. The minimum Gasteiger partial charge on any atom is -0.481 e. The van der Waals surface area contributed by atoms with Gasteiger partial charge in [0.15, 0.2) is 0 Å². The highest BCUT2D eigenvalue weighted by Crippen LogP contribution is 2.24. The van der Waals surface area contributed by atoms with Crippen molar-refractivity contribution in [3.8, 4) is 11.5 Å². The van der Waals surface area contributed by atoms with Crippen molar-refractivity contribution in [2.75, 3.05) is 0 Å². The second-order valence-corrected chi connectivity index (χ2v) is 9.54. The third kappa shape index (κ3) is 10.9. The minimum absolute atomic E-state index is 0.104. The molecule has 0 fully saturated rings. The first kappa shape index (κ1) is 27.2. The Morgan fingerprint density at radius 3 is 1.94 bits per heavy atom. The molecule has 0 heterocycles. The van der Waals surface area contributed by atoms with Crippen molar-refractivity contribution in [2.45, 2.75) is 70.6 Å². The van der Waals surface area contributed by atoms with Crippen LogP contribution < -0.4 is 4.74 Å². The smallest absolute Gasteiger partial charge is 0.303 e. The lowest BCUT2D eigenvalue weighted by atomic mass is 9.89. The first-order valence-corrected chi connectivity index (χ1v) is 13.2. The van der Waals surface area contributed by atoms with E-state index in [2.05, 4.69) is 24.3 Å². The van der Waals surface area contributed by atoms with Crippen LogP contribution in [0.2, 0.25) is 0 Å². The summed E-state index contributed by atoms with van der Waals surface area (Å²) < 4.78 is 5.85. The number of aryl methyl sites for hydroxylation is 2. The molecule has 0 aliphatic rings. The lowest BCUT2D eigenvalue weighted by molar-refractivity contribution is -0.137. The number of ketones is 1. The maximum Gasteiger partial charge on any atom is 0.303 e. The number of benzene rings is 3. The third-order valence-corrected chi connectivity index (χ3v) is 6.54. The molecule has 3 aromatic rings. The molecule has 0 radical (unpaired) electrons. The van der Waals surface area contributed by atoms with Crippen LogP contribution in [0.3, 0.4) is 0 Å². The molecule has 0 aliphatic carbocycles. The van der Waals surface area contributed by atoms with Gasteiger partial charge in [0.1, 0.15) is 17.3 Å². The van der Waals surface area contributed by atoms with E-state index in [4.69, 9.17) is 9.84 Å². The number of hydrogen-bond acceptors (Lipinski definition) is 3. The Balaban J connectivity index is 1.38. The molecule has 1 N–H and O–H groups in total. The van der Waals surface area contributed by atoms with E-state index in [1.807, 2.05) is 60.7 Å². The number of rotatable bonds is 17. The van der Waals surface area contributed by atoms with Crippen molar-refractivity contribution in [3.63, 3.8) is 0 Å². The third-order valence-electron chi connectivity index (χ3n) is 6.54. The lowest BCUT2D eigenvalue weighted by Crippen LogP contribution is -2.12. The number of para-hydroxylation sites is 1. The normalized spacial score (nSPS) is 11.7. The van der Waals surface area contributed by atoms with Crippen molar-refractivity contribution in [1.29, 1.82) is 0 Å². The summed E-state index contributed by atoms with van der Waals surface area (Å²) in [6.07, 6.45) is 8.73. The van der Waals surface area contributed by atoms with Crippen LogP contribution in [0.15, 0.2) is 84.9 Å². The Morgan fingerprint density at radius 2 is 1.25 bits per heavy atom. The van der Waals surface area contributed by atoms with Crippen molar-refractivity contribution in [2.24, 2.45) is 5.92 Å². The molecule has 4 heteroatoms. The average Bonchev–Trinajstić information content (AvgIpc) is 2.89. The predicted molar refractivity (Wildman–Crippen MR) is 144 cm³/mol. The van der Waals surface area contributed by atoms with E-state index in [9.17, 15) is 9.59 Å². The first-order chi connectivity index (χ1) is 17.6. The fraction of sp³-hybridized carbons (Fsp3) is 0.375. The van der Waals surface area contributed by atoms with Gasteiger partial charge in [0, 0.05) is 19.3 Å². The van der Waals surface area contributed by atoms with Gasteiger partial charge in [-0.1, -0.05) is 73.5 Å². The van der Waals surface area contributed by atoms with Crippen LogP contribution in [0, 0.1) is 5.92 Å². The largest absolute Gasteiger partial charge is 0.481 e. The molecule has 0 saturated carbocycles. The molecular formula is C32H38O4. The van der Waals surface area contributed by atoms with Gasteiger partial charge in [-0.15, -0.1) is 0 Å². The summed E-state index contributed by atoms with van der Waals surface area (Å²) in [5.41, 5.74) is 2.54. The summed E-state index contributed by atoms with van der Waals surface area (Å²) in [6, 6.07) is 28.2. The molecule has 190 valence electrons. The van der Waals surface area contributed by atoms with Crippen LogP contribution in [0.5, 0.6) is 11.5 Å². The highest BCUT2D eigenvalue weighted by atomic mass is 16.5. The Labute approximate surface area is 215 Å². The molecule has 4 nitrogen and oxygen atoms in total. The maximum absolute atomic E-state index is 12.6. The quantitative estimate of drug-likeness (QED) is 0.196. The van der Waals surface area contributed by atoms with Gasteiger partial charge in [-0.05, 0) is 79.8 Å². The van der Waals surface area contributed by atoms with Gasteiger partial charge < -0.3 is 9.84 Å². The summed E-state index contributed by atoms with van der Waals surface area (Å²) in [5.74, 6) is 1.15. The molecule has 36 heavy (non-hydrogen) atoms. The van der Waals surface area contributed by atoms with E-state index in [1.54, 1.807) is 0 Å². The van der Waals surface area contributed by atoms with E-state index < -0.39 is 5.97 Å². The topological polar surface area (TPSA) is 63.6 Å². The highest BCUT2D eigenvalue weighted by molar-refractivity contribution is 5.78. The summed E-state index contributed by atoms with van der Waals surface area (Å²) in [4.78, 5) is 23.7. The van der Waals surface area contributed by atoms with Gasteiger partial charge in [-0.25, -0.2) is 0 Å². The molecule has 0 unspecified atom stereocenters. The van der Waals surface area contributed by atoms with Crippen molar-refractivity contribution in [1.82, 2.24) is 0 Å². The van der Waals surface area contributed by atoms with E-state index in [-0.39, 0.29) is 18.1 Å². The van der Waals surface area contributed by atoms with Crippen LogP contribution >= 0.6 is 0 Å². The zero-order valence-corrected chi connectivity index (χ0v) is 21.1. The van der Waals surface area contributed by atoms with E-state index in [1.165, 1.54) is 11.1 Å². The van der Waals surface area contributed by atoms with Crippen molar-refractivity contribution < 1.29 is 19.4 Å². The number of carboxylic acids is 1. The molecule has 0 spiro atoms. The summed E-state index contributed by atoms with van der Waals surface area (Å²) in [5, 5.41) is 9.14. The number of carbonyl (C=O) groups excluding carboxylic acids is 1. The van der Waals surface area contributed by atoms with Crippen molar-refractivity contribution >= 4 is 11.8 Å². The first-order valence-electron chi connectivity index (χ1n) is 13.2. The summed E-state index contributed by atoms with van der Waals surface area (Å²) in [7, 11) is 0. The lowest BCUT2D eigenvalue weighted by Gasteiger charge is -2.16. The number of hydrogen-bond donors (Lipinski definition) is 1. The van der Waals surface area contributed by atoms with Gasteiger partial charge in [-0.2, -0.15) is 0 Å². The molecule has 0 aromatic heterocycles. The summed E-state index contributed by atoms with van der Waals surface area (Å²) in [6.45, 7) is 0. The van der Waals surface area contributed by atoms with Gasteiger partial charge in [-0.3, -0.25) is 9.59 Å². The van der Waals surface area contributed by atoms with Gasteiger partial charge in [0.05, 0.1) is 0 Å². The fourth-order valence-electron chi connectivity index (χ4n) is 4.47. The summed E-state index contributed by atoms with van der Waals surface area (Å²) >= 11 is 0. The molecule has 3 aromatic carbocycles. The molecule has 1 atom stereocenters. The standard InChI is InChI=1S/C32H38O4/c33-29(14-8-2-1-5-11-26-12-6-3-7-13-26)25-28(21-24-32(34)35)18-17-27-19-22-31(23-20-27)36-30-15-9-4-10-16-30/h3-4,6-7,9-10,12-13,15-16,19-20,22-23,28H,1-2,5,8,11,14,17-18,21,24-25H2,(H,34,35)/t28-/m1/s1. The van der Waals surface area contributed by atoms with Crippen LogP contribution in [0.4, 0.5) is 0 Å². The van der Waals surface area contributed by atoms with E-state index >= 15 is 0 Å². The molecule has 0 amide bonds.